The van der Waals surface area contributed by atoms with Crippen molar-refractivity contribution >= 4 is 43.7 Å². The second kappa shape index (κ2) is 11.4. The van der Waals surface area contributed by atoms with Gasteiger partial charge in [-0.2, -0.15) is 0 Å². The van der Waals surface area contributed by atoms with Crippen LogP contribution in [0.2, 0.25) is 0 Å². The second-order valence-corrected chi connectivity index (χ2v) is 11.9. The molecule has 0 aliphatic rings. The van der Waals surface area contributed by atoms with Gasteiger partial charge >= 0.3 is 0 Å². The highest BCUT2D eigenvalue weighted by Crippen LogP contribution is 2.40. The molecule has 0 amide bonds. The van der Waals surface area contributed by atoms with Gasteiger partial charge in [0.1, 0.15) is 11.2 Å². The quantitative estimate of drug-likeness (QED) is 0.186. The third-order valence-electron chi connectivity index (χ3n) is 8.99. The van der Waals surface area contributed by atoms with E-state index in [9.17, 15) is 0 Å². The van der Waals surface area contributed by atoms with Crippen molar-refractivity contribution < 1.29 is 18.1 Å². The van der Waals surface area contributed by atoms with Gasteiger partial charge in [0, 0.05) is 43.9 Å². The Balaban J connectivity index is 1.21. The minimum atomic E-state index is -0.583. The minimum absolute atomic E-state index is 0.0231. The molecule has 10 rings (SSSR count). The Bertz CT molecular complexity index is 3310. The van der Waals surface area contributed by atoms with Gasteiger partial charge in [0.25, 0.3) is 0 Å². The van der Waals surface area contributed by atoms with Crippen molar-refractivity contribution in [2.24, 2.45) is 0 Å². The van der Waals surface area contributed by atoms with E-state index < -0.39 is 60.4 Å². The first-order valence-electron chi connectivity index (χ1n) is 21.0. The Hall–Kier alpha value is -6.78. The average Bonchev–Trinajstić information content (AvgIpc) is 3.82. The normalized spacial score (nSPS) is 14.4. The molecule has 0 spiro atoms. The molecular weight excluding hydrogens is 611 g/mol. The Morgan fingerprint density at radius 1 is 0.480 bits per heavy atom. The maximum Gasteiger partial charge on any atom is 0.161 e. The highest BCUT2D eigenvalue weighted by Gasteiger charge is 2.18. The van der Waals surface area contributed by atoms with E-state index in [-0.39, 0.29) is 28.3 Å². The van der Waals surface area contributed by atoms with Gasteiger partial charge in [-0.15, -0.1) is 0 Å². The summed E-state index contributed by atoms with van der Waals surface area (Å²) in [7, 11) is 0. The largest absolute Gasteiger partial charge is 0.456 e. The SMILES string of the molecule is [2H]c1c([2H])c([2H])c(-c2cc(-c3c([2H])c([2H])c([2H])c([2H])c3[2H])nc(-c3cccc4oc5ccc(-c6ccc7c(c6)c6ccccc6n7-c6ccccc6)cc5c34)n2)c([2H])c1[2H]. The average molecular weight is 650 g/mol. The van der Waals surface area contributed by atoms with E-state index in [1.165, 1.54) is 6.07 Å². The standard InChI is InChI=1S/C46H29N3O/c1-4-13-30(14-5-1)39-29-40(31-15-6-2-7-16-31)48-46(47-39)36-20-12-22-44-45(36)38-28-33(24-26-43(38)50-44)32-23-25-42-37(27-32)35-19-10-11-21-41(35)49(42)34-17-8-3-9-18-34/h1-29H/i1D,2D,4D,5D,6D,7D,13D,14D,15D,16D. The van der Waals surface area contributed by atoms with Gasteiger partial charge in [0.15, 0.2) is 5.82 Å². The fourth-order valence-corrected chi connectivity index (χ4v) is 6.78. The van der Waals surface area contributed by atoms with Crippen LogP contribution in [-0.2, 0) is 0 Å². The van der Waals surface area contributed by atoms with E-state index in [1.807, 2.05) is 48.5 Å². The van der Waals surface area contributed by atoms with Crippen molar-refractivity contribution in [3.05, 3.63) is 176 Å². The van der Waals surface area contributed by atoms with Gasteiger partial charge in [-0.3, -0.25) is 0 Å². The number of hydrogen-bond donors (Lipinski definition) is 0. The summed E-state index contributed by atoms with van der Waals surface area (Å²) in [5, 5.41) is 3.55. The molecule has 0 radical (unpaired) electrons. The molecule has 3 heterocycles. The number of nitrogens with zero attached hydrogens (tertiary/aromatic N) is 3. The van der Waals surface area contributed by atoms with E-state index in [4.69, 9.17) is 28.1 Å². The fourth-order valence-electron chi connectivity index (χ4n) is 6.78. The number of para-hydroxylation sites is 2. The molecule has 3 aromatic heterocycles. The summed E-state index contributed by atoms with van der Waals surface area (Å²) >= 11 is 0. The number of hydrogen-bond acceptors (Lipinski definition) is 3. The van der Waals surface area contributed by atoms with E-state index >= 15 is 0 Å². The van der Waals surface area contributed by atoms with Crippen LogP contribution in [0.1, 0.15) is 13.7 Å². The summed E-state index contributed by atoms with van der Waals surface area (Å²) in [5.41, 5.74) is 5.98. The summed E-state index contributed by atoms with van der Waals surface area (Å²) in [5.74, 6) is 0.0231. The van der Waals surface area contributed by atoms with E-state index in [1.54, 1.807) is 18.2 Å². The molecule has 234 valence electrons. The molecule has 0 unspecified atom stereocenters. The maximum atomic E-state index is 8.76. The summed E-state index contributed by atoms with van der Waals surface area (Å²) in [6.07, 6.45) is 0. The van der Waals surface area contributed by atoms with Crippen LogP contribution in [0.4, 0.5) is 0 Å². The number of fused-ring (bicyclic) bond motifs is 6. The Kier molecular flexibility index (Phi) is 4.55. The Morgan fingerprint density at radius 3 is 1.86 bits per heavy atom. The fraction of sp³-hybridized carbons (Fsp3) is 0. The number of aromatic nitrogens is 3. The van der Waals surface area contributed by atoms with Crippen LogP contribution in [0.3, 0.4) is 0 Å². The van der Waals surface area contributed by atoms with Crippen molar-refractivity contribution in [2.45, 2.75) is 0 Å². The predicted molar refractivity (Wildman–Crippen MR) is 205 cm³/mol. The van der Waals surface area contributed by atoms with E-state index in [0.717, 1.165) is 44.0 Å². The molecule has 0 bridgehead atoms. The maximum absolute atomic E-state index is 8.76. The lowest BCUT2D eigenvalue weighted by Crippen LogP contribution is -1.96. The van der Waals surface area contributed by atoms with Crippen molar-refractivity contribution in [3.63, 3.8) is 0 Å². The van der Waals surface area contributed by atoms with Crippen LogP contribution in [0.5, 0.6) is 0 Å². The first-order chi connectivity index (χ1) is 28.9. The van der Waals surface area contributed by atoms with Crippen LogP contribution in [0.15, 0.2) is 180 Å². The zero-order valence-electron chi connectivity index (χ0n) is 36.2. The summed E-state index contributed by atoms with van der Waals surface area (Å²) in [6.45, 7) is 0. The Morgan fingerprint density at radius 2 is 1.12 bits per heavy atom. The third kappa shape index (κ3) is 4.61. The van der Waals surface area contributed by atoms with Gasteiger partial charge in [-0.05, 0) is 65.7 Å². The molecule has 0 atom stereocenters. The first kappa shape index (κ1) is 19.9. The number of benzene rings is 7. The van der Waals surface area contributed by atoms with Crippen LogP contribution < -0.4 is 0 Å². The third-order valence-corrected chi connectivity index (χ3v) is 8.99. The zero-order chi connectivity index (χ0) is 41.7. The molecule has 0 saturated heterocycles. The lowest BCUT2D eigenvalue weighted by Gasteiger charge is -2.10. The minimum Gasteiger partial charge on any atom is -0.456 e. The predicted octanol–water partition coefficient (Wildman–Crippen LogP) is 12.1. The molecule has 0 saturated carbocycles. The number of furan rings is 1. The molecule has 0 aliphatic carbocycles. The lowest BCUT2D eigenvalue weighted by molar-refractivity contribution is 0.669. The second-order valence-electron chi connectivity index (χ2n) is 11.9. The van der Waals surface area contributed by atoms with Gasteiger partial charge in [-0.1, -0.05) is 121 Å². The van der Waals surface area contributed by atoms with E-state index in [2.05, 4.69) is 47.0 Å². The number of rotatable bonds is 5. The van der Waals surface area contributed by atoms with Gasteiger partial charge in [0.2, 0.25) is 0 Å². The van der Waals surface area contributed by atoms with Crippen LogP contribution >= 0.6 is 0 Å². The van der Waals surface area contributed by atoms with Crippen molar-refractivity contribution in [1.82, 2.24) is 14.5 Å². The molecule has 0 aliphatic heterocycles. The lowest BCUT2D eigenvalue weighted by atomic mass is 9.99. The van der Waals surface area contributed by atoms with Gasteiger partial charge < -0.3 is 8.98 Å². The van der Waals surface area contributed by atoms with Crippen molar-refractivity contribution in [3.8, 4) is 50.7 Å². The van der Waals surface area contributed by atoms with Crippen molar-refractivity contribution in [2.75, 3.05) is 0 Å². The summed E-state index contributed by atoms with van der Waals surface area (Å²) in [6, 6.07) is 31.9. The smallest absolute Gasteiger partial charge is 0.161 e. The Labute approximate surface area is 302 Å². The molecule has 10 aromatic rings. The van der Waals surface area contributed by atoms with Gasteiger partial charge in [0.05, 0.1) is 36.1 Å². The summed E-state index contributed by atoms with van der Waals surface area (Å²) < 4.78 is 93.4. The topological polar surface area (TPSA) is 43.9 Å². The first-order valence-corrected chi connectivity index (χ1v) is 16.0. The zero-order valence-corrected chi connectivity index (χ0v) is 26.2. The van der Waals surface area contributed by atoms with Crippen LogP contribution in [0.25, 0.3) is 94.5 Å². The van der Waals surface area contributed by atoms with Crippen molar-refractivity contribution in [1.29, 1.82) is 0 Å². The molecule has 0 fully saturated rings. The highest BCUT2D eigenvalue weighted by molar-refractivity contribution is 6.14. The van der Waals surface area contributed by atoms with Gasteiger partial charge in [-0.25, -0.2) is 9.97 Å². The monoisotopic (exact) mass is 649 g/mol. The molecular formula is C46H29N3O. The highest BCUT2D eigenvalue weighted by atomic mass is 16.3. The molecule has 7 aromatic carbocycles. The molecule has 50 heavy (non-hydrogen) atoms. The molecule has 4 nitrogen and oxygen atoms in total. The summed E-state index contributed by atoms with van der Waals surface area (Å²) in [4.78, 5) is 9.57. The van der Waals surface area contributed by atoms with Crippen LogP contribution in [-0.4, -0.2) is 14.5 Å². The van der Waals surface area contributed by atoms with E-state index in [0.29, 0.717) is 22.1 Å². The molecule has 0 N–H and O–H groups in total. The molecule has 4 heteroatoms. The van der Waals surface area contributed by atoms with Crippen LogP contribution in [0, 0.1) is 0 Å².